The molecular weight excluding hydrogens is 220 g/mol. The summed E-state index contributed by atoms with van der Waals surface area (Å²) >= 11 is 5.28. The summed E-state index contributed by atoms with van der Waals surface area (Å²) < 4.78 is 2.59. The van der Waals surface area contributed by atoms with Gasteiger partial charge in [-0.3, -0.25) is 0 Å². The van der Waals surface area contributed by atoms with Crippen molar-refractivity contribution >= 4 is 12.2 Å². The third-order valence-corrected chi connectivity index (χ3v) is 2.98. The number of nitrogens with one attached hydrogen (secondary N) is 1. The second-order valence-corrected chi connectivity index (χ2v) is 4.12. The number of rotatable bonds is 2. The number of H-pyrrole nitrogens is 1. The summed E-state index contributed by atoms with van der Waals surface area (Å²) in [5.74, 6) is 0.778. The molecule has 5 heteroatoms. The smallest absolute Gasteiger partial charge is 0.157 e. The molecule has 0 amide bonds. The number of nitrogens with zero attached hydrogens (tertiary/aromatic N) is 3. The first kappa shape index (κ1) is 11.0. The van der Waals surface area contributed by atoms with Gasteiger partial charge in [0.2, 0.25) is 0 Å². The van der Waals surface area contributed by atoms with Crippen LogP contribution in [0.15, 0.2) is 12.5 Å². The zero-order valence-corrected chi connectivity index (χ0v) is 10.4. The lowest BCUT2D eigenvalue weighted by Gasteiger charge is -2.07. The van der Waals surface area contributed by atoms with Crippen molar-refractivity contribution in [3.8, 4) is 11.5 Å². The van der Waals surface area contributed by atoms with Gasteiger partial charge in [-0.05, 0) is 13.3 Å². The zero-order chi connectivity index (χ0) is 11.7. The molecule has 84 valence electrons. The van der Waals surface area contributed by atoms with Gasteiger partial charge in [-0.25, -0.2) is 9.97 Å². The lowest BCUT2D eigenvalue weighted by Crippen LogP contribution is -2.01. The Labute approximate surface area is 99.4 Å². The molecule has 0 spiro atoms. The Kier molecular flexibility index (Phi) is 2.87. The normalized spacial score (nSPS) is 10.7. The van der Waals surface area contributed by atoms with E-state index in [0.717, 1.165) is 29.2 Å². The van der Waals surface area contributed by atoms with Crippen LogP contribution in [0.1, 0.15) is 18.2 Å². The van der Waals surface area contributed by atoms with Crippen molar-refractivity contribution in [2.75, 3.05) is 0 Å². The molecule has 0 aliphatic rings. The second kappa shape index (κ2) is 4.17. The van der Waals surface area contributed by atoms with Crippen LogP contribution >= 0.6 is 12.2 Å². The fraction of sp³-hybridized carbons (Fsp3) is 0.364. The predicted molar refractivity (Wildman–Crippen MR) is 65.7 cm³/mol. The number of aromatic nitrogens is 4. The molecule has 16 heavy (non-hydrogen) atoms. The topological polar surface area (TPSA) is 46.5 Å². The van der Waals surface area contributed by atoms with E-state index in [2.05, 4.69) is 21.9 Å². The summed E-state index contributed by atoms with van der Waals surface area (Å²) in [6.07, 6.45) is 4.43. The molecule has 0 saturated heterocycles. The summed E-state index contributed by atoms with van der Waals surface area (Å²) in [6.45, 7) is 4.10. The highest BCUT2D eigenvalue weighted by Crippen LogP contribution is 2.16. The minimum atomic E-state index is 0.676. The molecule has 2 rings (SSSR count). The van der Waals surface area contributed by atoms with E-state index in [4.69, 9.17) is 12.2 Å². The molecule has 2 heterocycles. The summed E-state index contributed by atoms with van der Waals surface area (Å²) in [5.41, 5.74) is 3.14. The molecule has 0 aromatic carbocycles. The molecule has 0 aliphatic heterocycles. The quantitative estimate of drug-likeness (QED) is 0.812. The van der Waals surface area contributed by atoms with E-state index in [1.807, 2.05) is 18.5 Å². The van der Waals surface area contributed by atoms with Gasteiger partial charge in [-0.15, -0.1) is 0 Å². The highest BCUT2D eigenvalue weighted by atomic mass is 32.1. The Morgan fingerprint density at radius 3 is 2.75 bits per heavy atom. The minimum absolute atomic E-state index is 0.676. The van der Waals surface area contributed by atoms with Gasteiger partial charge >= 0.3 is 0 Å². The Hall–Kier alpha value is -1.49. The van der Waals surface area contributed by atoms with Crippen LogP contribution in [0, 0.1) is 11.6 Å². The standard InChI is InChI=1S/C11H14N4S/c1-4-8-7(2)13-10(14-11(8)16)9-5-12-6-15(9)3/h5-6H,4H2,1-3H3,(H,13,14,16). The number of aryl methyl sites for hydroxylation is 2. The van der Waals surface area contributed by atoms with E-state index in [-0.39, 0.29) is 0 Å². The Bertz CT molecular complexity index is 568. The molecule has 0 unspecified atom stereocenters. The average molecular weight is 234 g/mol. The third-order valence-electron chi connectivity index (χ3n) is 2.64. The van der Waals surface area contributed by atoms with Gasteiger partial charge in [0.05, 0.1) is 12.5 Å². The maximum Gasteiger partial charge on any atom is 0.157 e. The van der Waals surface area contributed by atoms with Crippen LogP contribution < -0.4 is 0 Å². The van der Waals surface area contributed by atoms with Crippen molar-refractivity contribution in [3.63, 3.8) is 0 Å². The summed E-state index contributed by atoms with van der Waals surface area (Å²) in [6, 6.07) is 0. The Morgan fingerprint density at radius 2 is 2.25 bits per heavy atom. The summed E-state index contributed by atoms with van der Waals surface area (Å²) in [4.78, 5) is 11.7. The molecule has 0 atom stereocenters. The van der Waals surface area contributed by atoms with Crippen LogP contribution in [0.4, 0.5) is 0 Å². The first-order chi connectivity index (χ1) is 7.63. The summed E-state index contributed by atoms with van der Waals surface area (Å²) in [5, 5.41) is 0. The molecule has 4 nitrogen and oxygen atoms in total. The number of hydrogen-bond acceptors (Lipinski definition) is 3. The Balaban J connectivity index is 2.61. The van der Waals surface area contributed by atoms with E-state index < -0.39 is 0 Å². The van der Waals surface area contributed by atoms with Crippen molar-refractivity contribution < 1.29 is 0 Å². The van der Waals surface area contributed by atoms with Gasteiger partial charge in [0.1, 0.15) is 10.3 Å². The zero-order valence-electron chi connectivity index (χ0n) is 9.61. The van der Waals surface area contributed by atoms with E-state index >= 15 is 0 Å². The predicted octanol–water partition coefficient (Wildman–Crippen LogP) is 2.41. The van der Waals surface area contributed by atoms with Gasteiger partial charge < -0.3 is 9.55 Å². The summed E-state index contributed by atoms with van der Waals surface area (Å²) in [7, 11) is 1.93. The van der Waals surface area contributed by atoms with Crippen LogP contribution in [0.3, 0.4) is 0 Å². The maximum atomic E-state index is 5.28. The SMILES string of the molecule is CCc1c(C)[nH]c(-c2cncn2C)nc1=S. The molecule has 1 N–H and O–H groups in total. The van der Waals surface area contributed by atoms with Crippen LogP contribution in [-0.2, 0) is 13.5 Å². The van der Waals surface area contributed by atoms with Crippen LogP contribution in [-0.4, -0.2) is 19.5 Å². The van der Waals surface area contributed by atoms with Crippen molar-refractivity contribution in [1.29, 1.82) is 0 Å². The fourth-order valence-corrected chi connectivity index (χ4v) is 2.12. The van der Waals surface area contributed by atoms with Crippen LogP contribution in [0.2, 0.25) is 0 Å². The number of imidazole rings is 1. The van der Waals surface area contributed by atoms with Crippen molar-refractivity contribution in [2.24, 2.45) is 7.05 Å². The first-order valence-electron chi connectivity index (χ1n) is 5.20. The lowest BCUT2D eigenvalue weighted by molar-refractivity contribution is 0.897. The molecule has 2 aromatic heterocycles. The van der Waals surface area contributed by atoms with E-state index in [0.29, 0.717) is 4.64 Å². The second-order valence-electron chi connectivity index (χ2n) is 3.74. The monoisotopic (exact) mass is 234 g/mol. The highest BCUT2D eigenvalue weighted by Gasteiger charge is 2.08. The van der Waals surface area contributed by atoms with Crippen molar-refractivity contribution in [2.45, 2.75) is 20.3 Å². The molecule has 0 fully saturated rings. The molecule has 0 saturated carbocycles. The average Bonchev–Trinajstić information content (AvgIpc) is 2.64. The minimum Gasteiger partial charge on any atom is -0.342 e. The van der Waals surface area contributed by atoms with Crippen molar-refractivity contribution in [3.05, 3.63) is 28.4 Å². The van der Waals surface area contributed by atoms with E-state index in [1.54, 1.807) is 12.5 Å². The number of aromatic amines is 1. The van der Waals surface area contributed by atoms with Crippen molar-refractivity contribution in [1.82, 2.24) is 19.5 Å². The first-order valence-corrected chi connectivity index (χ1v) is 5.60. The number of hydrogen-bond donors (Lipinski definition) is 1. The van der Waals surface area contributed by atoms with Gasteiger partial charge in [0.15, 0.2) is 5.82 Å². The Morgan fingerprint density at radius 1 is 1.50 bits per heavy atom. The molecule has 0 aliphatic carbocycles. The van der Waals surface area contributed by atoms with Crippen LogP contribution in [0.25, 0.3) is 11.5 Å². The highest BCUT2D eigenvalue weighted by molar-refractivity contribution is 7.71. The van der Waals surface area contributed by atoms with Crippen LogP contribution in [0.5, 0.6) is 0 Å². The molecule has 0 bridgehead atoms. The van der Waals surface area contributed by atoms with Gasteiger partial charge in [-0.1, -0.05) is 19.1 Å². The van der Waals surface area contributed by atoms with E-state index in [9.17, 15) is 0 Å². The maximum absolute atomic E-state index is 5.28. The fourth-order valence-electron chi connectivity index (χ4n) is 1.73. The van der Waals surface area contributed by atoms with Gasteiger partial charge in [0.25, 0.3) is 0 Å². The molecule has 2 aromatic rings. The van der Waals surface area contributed by atoms with Gasteiger partial charge in [0, 0.05) is 18.3 Å². The lowest BCUT2D eigenvalue weighted by atomic mass is 10.2. The van der Waals surface area contributed by atoms with E-state index in [1.165, 1.54) is 0 Å². The molecular formula is C11H14N4S. The molecule has 0 radical (unpaired) electrons. The third kappa shape index (κ3) is 1.78. The largest absolute Gasteiger partial charge is 0.342 e. The van der Waals surface area contributed by atoms with Gasteiger partial charge in [-0.2, -0.15) is 0 Å².